The lowest BCUT2D eigenvalue weighted by Crippen LogP contribution is -2.43. The molecule has 1 heterocycles. The molecule has 0 spiro atoms. The highest BCUT2D eigenvalue weighted by Crippen LogP contribution is 2.24. The molecule has 0 amide bonds. The van der Waals surface area contributed by atoms with Crippen molar-refractivity contribution in [2.45, 2.75) is 117 Å². The first-order valence-electron chi connectivity index (χ1n) is 11.4. The quantitative estimate of drug-likeness (QED) is 0.272. The van der Waals surface area contributed by atoms with Crippen LogP contribution < -0.4 is 0 Å². The molecule has 0 fully saturated rings. The zero-order valence-electron chi connectivity index (χ0n) is 17.8. The second-order valence-electron chi connectivity index (χ2n) is 8.32. The molecule has 0 aromatic heterocycles. The van der Waals surface area contributed by atoms with E-state index in [1.54, 1.807) is 0 Å². The molecule has 0 saturated carbocycles. The van der Waals surface area contributed by atoms with Crippen LogP contribution in [-0.2, 0) is 0 Å². The van der Waals surface area contributed by atoms with Gasteiger partial charge < -0.3 is 9.80 Å². The van der Waals surface area contributed by atoms with Gasteiger partial charge in [0.1, 0.15) is 6.17 Å². The summed E-state index contributed by atoms with van der Waals surface area (Å²) in [7, 11) is 0. The van der Waals surface area contributed by atoms with Crippen LogP contribution in [0.25, 0.3) is 0 Å². The minimum Gasteiger partial charge on any atom is -0.356 e. The smallest absolute Gasteiger partial charge is 0.103 e. The summed E-state index contributed by atoms with van der Waals surface area (Å²) in [6.45, 7) is 11.8. The van der Waals surface area contributed by atoms with Crippen molar-refractivity contribution in [1.82, 2.24) is 9.80 Å². The van der Waals surface area contributed by atoms with Crippen molar-refractivity contribution < 1.29 is 0 Å². The van der Waals surface area contributed by atoms with Gasteiger partial charge in [-0.3, -0.25) is 0 Å². The first-order valence-corrected chi connectivity index (χ1v) is 11.4. The van der Waals surface area contributed by atoms with Gasteiger partial charge in [0.25, 0.3) is 0 Å². The molecule has 0 radical (unpaired) electrons. The maximum atomic E-state index is 2.60. The Morgan fingerprint density at radius 3 is 1.32 bits per heavy atom. The van der Waals surface area contributed by atoms with E-state index in [0.717, 1.165) is 0 Å². The van der Waals surface area contributed by atoms with Gasteiger partial charge in [0.2, 0.25) is 0 Å². The Morgan fingerprint density at radius 1 is 0.600 bits per heavy atom. The number of nitrogens with zero attached hydrogens (tertiary/aromatic N) is 2. The van der Waals surface area contributed by atoms with E-state index < -0.39 is 0 Å². The van der Waals surface area contributed by atoms with Gasteiger partial charge in [-0.1, -0.05) is 98.3 Å². The lowest BCUT2D eigenvalue weighted by molar-refractivity contribution is 0.104. The fourth-order valence-electron chi connectivity index (χ4n) is 4.04. The average Bonchev–Trinajstić information content (AvgIpc) is 3.00. The molecule has 0 bridgehead atoms. The minimum atomic E-state index is 0.593. The fourth-order valence-corrected chi connectivity index (χ4v) is 4.04. The Hall–Kier alpha value is -0.660. The number of hydrogen-bond acceptors (Lipinski definition) is 2. The van der Waals surface area contributed by atoms with Crippen molar-refractivity contribution in [2.75, 3.05) is 13.1 Å². The van der Waals surface area contributed by atoms with Crippen LogP contribution >= 0.6 is 0 Å². The highest BCUT2D eigenvalue weighted by Gasteiger charge is 2.28. The third kappa shape index (κ3) is 9.56. The van der Waals surface area contributed by atoms with Crippen LogP contribution in [0.3, 0.4) is 0 Å². The summed E-state index contributed by atoms with van der Waals surface area (Å²) in [5, 5.41) is 0. The topological polar surface area (TPSA) is 6.48 Å². The standard InChI is InChI=1S/C23H46N2/c1-5-7-9-11-13-15-17-19-25-21-20-24(23(25)22(3)4)18-16-14-12-10-8-6-2/h20-23H,5-19H2,1-4H3. The van der Waals surface area contributed by atoms with Gasteiger partial charge in [-0.15, -0.1) is 0 Å². The van der Waals surface area contributed by atoms with E-state index in [-0.39, 0.29) is 0 Å². The number of unbranched alkanes of at least 4 members (excludes halogenated alkanes) is 11. The molecule has 0 aromatic carbocycles. The second-order valence-corrected chi connectivity index (χ2v) is 8.32. The maximum Gasteiger partial charge on any atom is 0.103 e. The van der Waals surface area contributed by atoms with Crippen molar-refractivity contribution >= 4 is 0 Å². The molecule has 1 unspecified atom stereocenters. The first kappa shape index (κ1) is 22.4. The molecule has 148 valence electrons. The van der Waals surface area contributed by atoms with Crippen molar-refractivity contribution in [3.05, 3.63) is 12.4 Å². The van der Waals surface area contributed by atoms with E-state index >= 15 is 0 Å². The predicted octanol–water partition coefficient (Wildman–Crippen LogP) is 7.17. The van der Waals surface area contributed by atoms with Gasteiger partial charge in [-0.05, 0) is 18.8 Å². The number of hydrogen-bond donors (Lipinski definition) is 0. The summed E-state index contributed by atoms with van der Waals surface area (Å²) < 4.78 is 0. The molecule has 0 aromatic rings. The molecule has 1 atom stereocenters. The molecule has 0 aliphatic carbocycles. The molecule has 2 heteroatoms. The van der Waals surface area contributed by atoms with E-state index in [4.69, 9.17) is 0 Å². The Labute approximate surface area is 159 Å². The van der Waals surface area contributed by atoms with Gasteiger partial charge in [0.15, 0.2) is 0 Å². The van der Waals surface area contributed by atoms with Crippen molar-refractivity contribution in [2.24, 2.45) is 5.92 Å². The summed E-state index contributed by atoms with van der Waals surface area (Å²) in [6.07, 6.45) is 23.4. The summed E-state index contributed by atoms with van der Waals surface area (Å²) in [5.41, 5.74) is 0. The van der Waals surface area contributed by atoms with E-state index in [9.17, 15) is 0 Å². The Bertz CT molecular complexity index is 324. The second kappa shape index (κ2) is 14.5. The predicted molar refractivity (Wildman–Crippen MR) is 113 cm³/mol. The largest absolute Gasteiger partial charge is 0.356 e. The van der Waals surface area contributed by atoms with Crippen LogP contribution in [0.5, 0.6) is 0 Å². The summed E-state index contributed by atoms with van der Waals surface area (Å²) in [5.74, 6) is 0.694. The van der Waals surface area contributed by atoms with Crippen LogP contribution in [0.1, 0.15) is 111 Å². The van der Waals surface area contributed by atoms with Gasteiger partial charge in [0.05, 0.1) is 0 Å². The SMILES string of the molecule is CCCCCCCCCN1C=CN(CCCCCCCC)C1C(C)C. The summed E-state index contributed by atoms with van der Waals surface area (Å²) in [4.78, 5) is 5.21. The van der Waals surface area contributed by atoms with E-state index in [1.807, 2.05) is 0 Å². The van der Waals surface area contributed by atoms with Gasteiger partial charge in [-0.2, -0.15) is 0 Å². The van der Waals surface area contributed by atoms with Gasteiger partial charge in [0, 0.05) is 25.5 Å². The Balaban J connectivity index is 2.19. The summed E-state index contributed by atoms with van der Waals surface area (Å²) >= 11 is 0. The Kier molecular flexibility index (Phi) is 13.0. The zero-order valence-corrected chi connectivity index (χ0v) is 17.8. The van der Waals surface area contributed by atoms with E-state index in [1.165, 1.54) is 96.6 Å². The lowest BCUT2D eigenvalue weighted by Gasteiger charge is -2.36. The third-order valence-corrected chi connectivity index (χ3v) is 5.52. The molecular weight excluding hydrogens is 304 g/mol. The van der Waals surface area contributed by atoms with Crippen LogP contribution in [0, 0.1) is 5.92 Å². The van der Waals surface area contributed by atoms with Crippen LogP contribution in [0.4, 0.5) is 0 Å². The van der Waals surface area contributed by atoms with Gasteiger partial charge in [-0.25, -0.2) is 0 Å². The molecule has 1 rings (SSSR count). The molecule has 2 nitrogen and oxygen atoms in total. The maximum absolute atomic E-state index is 2.60. The van der Waals surface area contributed by atoms with Crippen molar-refractivity contribution in [1.29, 1.82) is 0 Å². The Morgan fingerprint density at radius 2 is 0.960 bits per heavy atom. The van der Waals surface area contributed by atoms with Crippen LogP contribution in [0.15, 0.2) is 12.4 Å². The van der Waals surface area contributed by atoms with Crippen LogP contribution in [0.2, 0.25) is 0 Å². The van der Waals surface area contributed by atoms with Crippen molar-refractivity contribution in [3.63, 3.8) is 0 Å². The third-order valence-electron chi connectivity index (χ3n) is 5.52. The first-order chi connectivity index (χ1) is 12.2. The highest BCUT2D eigenvalue weighted by molar-refractivity contribution is 4.98. The molecule has 0 saturated heterocycles. The lowest BCUT2D eigenvalue weighted by atomic mass is 10.1. The van der Waals surface area contributed by atoms with Crippen LogP contribution in [-0.4, -0.2) is 29.1 Å². The van der Waals surface area contributed by atoms with Crippen molar-refractivity contribution in [3.8, 4) is 0 Å². The normalized spacial score (nSPS) is 17.2. The summed E-state index contributed by atoms with van der Waals surface area (Å²) in [6, 6.07) is 0. The molecule has 0 N–H and O–H groups in total. The van der Waals surface area contributed by atoms with E-state index in [2.05, 4.69) is 49.9 Å². The fraction of sp³-hybridized carbons (Fsp3) is 0.913. The van der Waals surface area contributed by atoms with Gasteiger partial charge >= 0.3 is 0 Å². The number of rotatable bonds is 16. The molecular formula is C23H46N2. The average molecular weight is 351 g/mol. The monoisotopic (exact) mass is 350 g/mol. The molecule has 25 heavy (non-hydrogen) atoms. The molecule has 1 aliphatic heterocycles. The highest BCUT2D eigenvalue weighted by atomic mass is 15.4. The molecule has 1 aliphatic rings. The minimum absolute atomic E-state index is 0.593. The van der Waals surface area contributed by atoms with E-state index in [0.29, 0.717) is 12.1 Å². The zero-order chi connectivity index (χ0) is 18.3.